The van der Waals surface area contributed by atoms with Crippen molar-refractivity contribution in [2.75, 3.05) is 4.90 Å². The number of fused-ring (bicyclic) bond motifs is 7. The Morgan fingerprint density at radius 3 is 1.48 bits per heavy atom. The van der Waals surface area contributed by atoms with Crippen molar-refractivity contribution in [3.63, 3.8) is 0 Å². The van der Waals surface area contributed by atoms with Gasteiger partial charge in [-0.2, -0.15) is 0 Å². The fourth-order valence-corrected chi connectivity index (χ4v) is 7.65. The van der Waals surface area contributed by atoms with Crippen LogP contribution in [0.5, 0.6) is 0 Å². The second-order valence-corrected chi connectivity index (χ2v) is 12.9. The van der Waals surface area contributed by atoms with Crippen molar-refractivity contribution in [2.45, 2.75) is 0 Å². The number of benzene rings is 9. The second kappa shape index (κ2) is 11.5. The van der Waals surface area contributed by atoms with Gasteiger partial charge in [-0.15, -0.1) is 0 Å². The standard InChI is InChI=1S/C48H31NO/c1-2-13-34(14-3-1)47-45-19-8-9-20-46(45)50-48(47)37-15-10-16-38(31-37)49(39-25-27-43-35(29-39)23-21-32-11-4-6-17-41(32)43)40-26-28-44-36(30-40)24-22-33-12-5-7-18-42(33)44/h1-31H. The zero-order valence-corrected chi connectivity index (χ0v) is 27.3. The lowest BCUT2D eigenvalue weighted by Crippen LogP contribution is -2.10. The highest BCUT2D eigenvalue weighted by Gasteiger charge is 2.20. The van der Waals surface area contributed by atoms with Crippen LogP contribution in [-0.4, -0.2) is 0 Å². The van der Waals surface area contributed by atoms with Crippen LogP contribution in [0.4, 0.5) is 17.1 Å². The molecule has 0 saturated heterocycles. The molecule has 1 heterocycles. The Morgan fingerprint density at radius 2 is 0.820 bits per heavy atom. The van der Waals surface area contributed by atoms with Gasteiger partial charge in [0.1, 0.15) is 11.3 Å². The van der Waals surface area contributed by atoms with Crippen LogP contribution in [-0.2, 0) is 0 Å². The summed E-state index contributed by atoms with van der Waals surface area (Å²) in [6.07, 6.45) is 0. The first-order valence-electron chi connectivity index (χ1n) is 17.1. The molecule has 0 N–H and O–H groups in total. The van der Waals surface area contributed by atoms with E-state index in [0.29, 0.717) is 0 Å². The molecule has 0 aliphatic heterocycles. The summed E-state index contributed by atoms with van der Waals surface area (Å²) in [6, 6.07) is 67.5. The number of anilines is 3. The van der Waals surface area contributed by atoms with Gasteiger partial charge in [0.05, 0.1) is 0 Å². The van der Waals surface area contributed by atoms with Crippen molar-refractivity contribution in [2.24, 2.45) is 0 Å². The van der Waals surface area contributed by atoms with Crippen molar-refractivity contribution in [3.05, 3.63) is 188 Å². The van der Waals surface area contributed by atoms with Crippen LogP contribution >= 0.6 is 0 Å². The van der Waals surface area contributed by atoms with Gasteiger partial charge in [0.15, 0.2) is 0 Å². The summed E-state index contributed by atoms with van der Waals surface area (Å²) < 4.78 is 6.66. The fourth-order valence-electron chi connectivity index (χ4n) is 7.65. The van der Waals surface area contributed by atoms with Gasteiger partial charge in [-0.3, -0.25) is 0 Å². The van der Waals surface area contributed by atoms with Crippen LogP contribution < -0.4 is 4.90 Å². The van der Waals surface area contributed by atoms with Gasteiger partial charge in [-0.25, -0.2) is 0 Å². The number of furan rings is 1. The first-order chi connectivity index (χ1) is 24.8. The van der Waals surface area contributed by atoms with E-state index in [0.717, 1.165) is 50.5 Å². The zero-order chi connectivity index (χ0) is 33.0. The molecule has 0 amide bonds. The molecule has 0 saturated carbocycles. The van der Waals surface area contributed by atoms with E-state index in [9.17, 15) is 0 Å². The van der Waals surface area contributed by atoms with Gasteiger partial charge < -0.3 is 9.32 Å². The summed E-state index contributed by atoms with van der Waals surface area (Å²) in [4.78, 5) is 2.37. The molecule has 50 heavy (non-hydrogen) atoms. The van der Waals surface area contributed by atoms with Gasteiger partial charge >= 0.3 is 0 Å². The first kappa shape index (κ1) is 28.4. The lowest BCUT2D eigenvalue weighted by atomic mass is 9.98. The third-order valence-electron chi connectivity index (χ3n) is 10.00. The van der Waals surface area contributed by atoms with Gasteiger partial charge in [-0.05, 0) is 91.1 Å². The lowest BCUT2D eigenvalue weighted by Gasteiger charge is -2.27. The number of hydrogen-bond donors (Lipinski definition) is 0. The minimum atomic E-state index is 0.870. The highest BCUT2D eigenvalue weighted by molar-refractivity contribution is 6.10. The molecule has 0 radical (unpaired) electrons. The normalized spacial score (nSPS) is 11.6. The topological polar surface area (TPSA) is 16.4 Å². The Labute approximate surface area is 290 Å². The molecular formula is C48H31NO. The summed E-state index contributed by atoms with van der Waals surface area (Å²) in [5, 5.41) is 11.1. The van der Waals surface area contributed by atoms with E-state index in [1.54, 1.807) is 0 Å². The van der Waals surface area contributed by atoms with Crippen LogP contribution in [0.2, 0.25) is 0 Å². The summed E-state index contributed by atoms with van der Waals surface area (Å²) >= 11 is 0. The molecule has 10 aromatic rings. The van der Waals surface area contributed by atoms with Crippen molar-refractivity contribution < 1.29 is 4.42 Å². The van der Waals surface area contributed by atoms with E-state index in [1.165, 1.54) is 43.1 Å². The second-order valence-electron chi connectivity index (χ2n) is 12.9. The number of hydrogen-bond acceptors (Lipinski definition) is 2. The maximum absolute atomic E-state index is 6.66. The van der Waals surface area contributed by atoms with Gasteiger partial charge in [0, 0.05) is 33.6 Å². The minimum Gasteiger partial charge on any atom is -0.455 e. The molecule has 10 rings (SSSR count). The molecule has 234 valence electrons. The predicted octanol–water partition coefficient (Wildman–Crippen LogP) is 13.8. The van der Waals surface area contributed by atoms with E-state index >= 15 is 0 Å². The van der Waals surface area contributed by atoms with E-state index < -0.39 is 0 Å². The first-order valence-corrected chi connectivity index (χ1v) is 17.1. The fraction of sp³-hybridized carbons (Fsp3) is 0. The molecule has 0 aliphatic rings. The Kier molecular flexibility index (Phi) is 6.53. The van der Waals surface area contributed by atoms with Crippen LogP contribution in [0.25, 0.3) is 76.5 Å². The van der Waals surface area contributed by atoms with Crippen molar-refractivity contribution >= 4 is 71.1 Å². The summed E-state index contributed by atoms with van der Waals surface area (Å²) in [5.41, 5.74) is 7.41. The molecule has 0 atom stereocenters. The molecule has 0 spiro atoms. The van der Waals surface area contributed by atoms with E-state index in [4.69, 9.17) is 4.42 Å². The minimum absolute atomic E-state index is 0.870. The number of rotatable bonds is 5. The highest BCUT2D eigenvalue weighted by Crippen LogP contribution is 2.44. The molecular weight excluding hydrogens is 607 g/mol. The molecule has 2 nitrogen and oxygen atoms in total. The van der Waals surface area contributed by atoms with Crippen LogP contribution in [0, 0.1) is 0 Å². The molecule has 0 unspecified atom stereocenters. The van der Waals surface area contributed by atoms with Gasteiger partial charge in [0.2, 0.25) is 0 Å². The maximum Gasteiger partial charge on any atom is 0.143 e. The van der Waals surface area contributed by atoms with Crippen molar-refractivity contribution in [3.8, 4) is 22.5 Å². The third-order valence-corrected chi connectivity index (χ3v) is 10.00. The zero-order valence-electron chi connectivity index (χ0n) is 27.3. The SMILES string of the molecule is c1ccc(-c2c(-c3cccc(N(c4ccc5c(ccc6ccccc65)c4)c4ccc5c(ccc6ccccc65)c4)c3)oc3ccccc23)cc1. The van der Waals surface area contributed by atoms with Crippen molar-refractivity contribution in [1.29, 1.82) is 0 Å². The van der Waals surface area contributed by atoms with Crippen LogP contribution in [0.1, 0.15) is 0 Å². The molecule has 0 bridgehead atoms. The molecule has 0 fully saturated rings. The third kappa shape index (κ3) is 4.65. The Bertz CT molecular complexity index is 2760. The Morgan fingerprint density at radius 1 is 0.320 bits per heavy atom. The summed E-state index contributed by atoms with van der Waals surface area (Å²) in [7, 11) is 0. The van der Waals surface area contributed by atoms with E-state index in [-0.39, 0.29) is 0 Å². The van der Waals surface area contributed by atoms with Crippen molar-refractivity contribution in [1.82, 2.24) is 0 Å². The molecule has 9 aromatic carbocycles. The monoisotopic (exact) mass is 637 g/mol. The largest absolute Gasteiger partial charge is 0.455 e. The predicted molar refractivity (Wildman–Crippen MR) is 212 cm³/mol. The van der Waals surface area contributed by atoms with Crippen LogP contribution in [0.3, 0.4) is 0 Å². The summed E-state index contributed by atoms with van der Waals surface area (Å²) in [6.45, 7) is 0. The Balaban J connectivity index is 1.19. The van der Waals surface area contributed by atoms with Gasteiger partial charge in [-0.1, -0.05) is 146 Å². The average molecular weight is 638 g/mol. The number of nitrogens with zero attached hydrogens (tertiary/aromatic N) is 1. The molecule has 2 heteroatoms. The highest BCUT2D eigenvalue weighted by atomic mass is 16.3. The molecule has 1 aromatic heterocycles. The average Bonchev–Trinajstić information content (AvgIpc) is 3.58. The Hall–Kier alpha value is -6.64. The van der Waals surface area contributed by atoms with E-state index in [2.05, 4.69) is 187 Å². The van der Waals surface area contributed by atoms with Gasteiger partial charge in [0.25, 0.3) is 0 Å². The maximum atomic E-state index is 6.66. The lowest BCUT2D eigenvalue weighted by molar-refractivity contribution is 0.632. The smallest absolute Gasteiger partial charge is 0.143 e. The quantitative estimate of drug-likeness (QED) is 0.175. The molecule has 0 aliphatic carbocycles. The van der Waals surface area contributed by atoms with E-state index in [1.807, 2.05) is 6.07 Å². The summed E-state index contributed by atoms with van der Waals surface area (Å²) in [5.74, 6) is 0.870. The van der Waals surface area contributed by atoms with Crippen LogP contribution in [0.15, 0.2) is 192 Å². The number of para-hydroxylation sites is 1.